The van der Waals surface area contributed by atoms with Crippen molar-refractivity contribution in [3.63, 3.8) is 0 Å². The summed E-state index contributed by atoms with van der Waals surface area (Å²) < 4.78 is 7.30. The van der Waals surface area contributed by atoms with Gasteiger partial charge in [-0.2, -0.15) is 5.10 Å². The molecule has 1 aliphatic rings. The molecule has 2 rings (SSSR count). The first kappa shape index (κ1) is 16.0. The molecule has 0 saturated carbocycles. The summed E-state index contributed by atoms with van der Waals surface area (Å²) in [4.78, 5) is 14.6. The van der Waals surface area contributed by atoms with Gasteiger partial charge in [-0.05, 0) is 19.8 Å². The van der Waals surface area contributed by atoms with Gasteiger partial charge < -0.3 is 14.7 Å². The van der Waals surface area contributed by atoms with Crippen molar-refractivity contribution in [2.75, 3.05) is 19.8 Å². The number of amides is 1. The largest absolute Gasteiger partial charge is 0.394 e. The van der Waals surface area contributed by atoms with Crippen molar-refractivity contribution < 1.29 is 14.6 Å². The maximum absolute atomic E-state index is 12.9. The van der Waals surface area contributed by atoms with E-state index in [1.807, 2.05) is 33.9 Å². The number of morpholine rings is 1. The van der Waals surface area contributed by atoms with Crippen molar-refractivity contribution >= 4 is 5.91 Å². The molecule has 2 heterocycles. The number of aliphatic hydroxyl groups is 1. The molecule has 0 spiro atoms. The van der Waals surface area contributed by atoms with Gasteiger partial charge in [-0.1, -0.05) is 13.8 Å². The highest BCUT2D eigenvalue weighted by molar-refractivity contribution is 5.95. The van der Waals surface area contributed by atoms with E-state index >= 15 is 0 Å². The summed E-state index contributed by atoms with van der Waals surface area (Å²) in [7, 11) is 0. The minimum absolute atomic E-state index is 0.00490. The van der Waals surface area contributed by atoms with Crippen LogP contribution >= 0.6 is 0 Å². The Morgan fingerprint density at radius 3 is 2.86 bits per heavy atom. The van der Waals surface area contributed by atoms with Gasteiger partial charge in [0.05, 0.1) is 36.6 Å². The van der Waals surface area contributed by atoms with Crippen molar-refractivity contribution in [2.45, 2.75) is 52.3 Å². The first-order chi connectivity index (χ1) is 9.97. The number of carbonyl (C=O) groups excluding carboxylic acids is 1. The maximum Gasteiger partial charge on any atom is 0.257 e. The van der Waals surface area contributed by atoms with E-state index in [1.54, 1.807) is 9.58 Å². The molecule has 1 fully saturated rings. The van der Waals surface area contributed by atoms with Crippen molar-refractivity contribution in [2.24, 2.45) is 0 Å². The van der Waals surface area contributed by atoms with Crippen LogP contribution in [-0.2, 0) is 11.3 Å². The molecule has 1 amide bonds. The first-order valence-electron chi connectivity index (χ1n) is 7.58. The third-order valence-electron chi connectivity index (χ3n) is 3.86. The van der Waals surface area contributed by atoms with Gasteiger partial charge in [-0.15, -0.1) is 0 Å². The third kappa shape index (κ3) is 3.27. The van der Waals surface area contributed by atoms with Crippen molar-refractivity contribution in [3.05, 3.63) is 17.5 Å². The fourth-order valence-electron chi connectivity index (χ4n) is 2.56. The Balaban J connectivity index is 2.27. The van der Waals surface area contributed by atoms with Gasteiger partial charge in [0.15, 0.2) is 0 Å². The molecule has 0 bridgehead atoms. The van der Waals surface area contributed by atoms with E-state index < -0.39 is 0 Å². The van der Waals surface area contributed by atoms with Crippen LogP contribution in [0.5, 0.6) is 0 Å². The van der Waals surface area contributed by atoms with Gasteiger partial charge >= 0.3 is 0 Å². The lowest BCUT2D eigenvalue weighted by Gasteiger charge is -2.37. The van der Waals surface area contributed by atoms with Gasteiger partial charge in [0.25, 0.3) is 5.91 Å². The highest BCUT2D eigenvalue weighted by Gasteiger charge is 2.32. The molecule has 118 valence electrons. The summed E-state index contributed by atoms with van der Waals surface area (Å²) in [6.45, 7) is 9.60. The minimum atomic E-state index is -0.297. The van der Waals surface area contributed by atoms with Crippen molar-refractivity contribution in [1.29, 1.82) is 0 Å². The standard InChI is InChI=1S/C15H25N3O3/c1-5-17-7-13(14(16-17)10(2)3)15(20)18-6-12(8-19)21-9-11(18)4/h7,10-12,19H,5-6,8-9H2,1-4H3. The number of rotatable bonds is 4. The Hall–Kier alpha value is -1.40. The quantitative estimate of drug-likeness (QED) is 0.907. The Morgan fingerprint density at radius 1 is 1.57 bits per heavy atom. The topological polar surface area (TPSA) is 67.6 Å². The number of aryl methyl sites for hydroxylation is 1. The Morgan fingerprint density at radius 2 is 2.29 bits per heavy atom. The fourth-order valence-corrected chi connectivity index (χ4v) is 2.56. The third-order valence-corrected chi connectivity index (χ3v) is 3.86. The van der Waals surface area contributed by atoms with Gasteiger partial charge in [0.1, 0.15) is 0 Å². The zero-order valence-corrected chi connectivity index (χ0v) is 13.2. The van der Waals surface area contributed by atoms with Gasteiger partial charge in [-0.25, -0.2) is 0 Å². The van der Waals surface area contributed by atoms with Crippen molar-refractivity contribution in [1.82, 2.24) is 14.7 Å². The average molecular weight is 295 g/mol. The highest BCUT2D eigenvalue weighted by Crippen LogP contribution is 2.22. The Bertz CT molecular complexity index is 498. The average Bonchev–Trinajstić information content (AvgIpc) is 2.91. The second-order valence-electron chi connectivity index (χ2n) is 5.88. The second-order valence-corrected chi connectivity index (χ2v) is 5.88. The molecule has 0 aromatic carbocycles. The van der Waals surface area contributed by atoms with E-state index in [1.165, 1.54) is 0 Å². The molecule has 0 radical (unpaired) electrons. The molecule has 1 saturated heterocycles. The van der Waals surface area contributed by atoms with Crippen LogP contribution in [0.4, 0.5) is 0 Å². The molecule has 21 heavy (non-hydrogen) atoms. The van der Waals surface area contributed by atoms with E-state index in [9.17, 15) is 9.90 Å². The zero-order valence-electron chi connectivity index (χ0n) is 13.2. The van der Waals surface area contributed by atoms with E-state index in [4.69, 9.17) is 4.74 Å². The highest BCUT2D eigenvalue weighted by atomic mass is 16.5. The summed E-state index contributed by atoms with van der Waals surface area (Å²) in [5, 5.41) is 13.7. The van der Waals surface area contributed by atoms with E-state index in [0.29, 0.717) is 18.7 Å². The van der Waals surface area contributed by atoms with Crippen LogP contribution in [0.1, 0.15) is 49.7 Å². The molecule has 6 nitrogen and oxygen atoms in total. The molecule has 1 aromatic rings. The molecule has 1 aliphatic heterocycles. The Labute approximate surface area is 125 Å². The van der Waals surface area contributed by atoms with Gasteiger partial charge in [0.2, 0.25) is 0 Å². The van der Waals surface area contributed by atoms with E-state index in [-0.39, 0.29) is 30.6 Å². The molecule has 1 N–H and O–H groups in total. The molecule has 1 aromatic heterocycles. The number of ether oxygens (including phenoxy) is 1. The summed E-state index contributed by atoms with van der Waals surface area (Å²) in [6, 6.07) is 0.00490. The monoisotopic (exact) mass is 295 g/mol. The fraction of sp³-hybridized carbons (Fsp3) is 0.733. The number of nitrogens with zero attached hydrogens (tertiary/aromatic N) is 3. The molecule has 0 aliphatic carbocycles. The first-order valence-corrected chi connectivity index (χ1v) is 7.58. The molecular formula is C15H25N3O3. The lowest BCUT2D eigenvalue weighted by Crippen LogP contribution is -2.52. The van der Waals surface area contributed by atoms with Gasteiger partial charge in [-0.3, -0.25) is 9.48 Å². The maximum atomic E-state index is 12.9. The van der Waals surface area contributed by atoms with Gasteiger partial charge in [0, 0.05) is 19.3 Å². The molecular weight excluding hydrogens is 270 g/mol. The van der Waals surface area contributed by atoms with Crippen LogP contribution in [0, 0.1) is 0 Å². The second kappa shape index (κ2) is 6.58. The predicted molar refractivity (Wildman–Crippen MR) is 79.3 cm³/mol. The summed E-state index contributed by atoms with van der Waals surface area (Å²) >= 11 is 0. The van der Waals surface area contributed by atoms with E-state index in [0.717, 1.165) is 12.2 Å². The number of hydrogen-bond acceptors (Lipinski definition) is 4. The number of hydrogen-bond donors (Lipinski definition) is 1. The van der Waals surface area contributed by atoms with E-state index in [2.05, 4.69) is 5.10 Å². The lowest BCUT2D eigenvalue weighted by atomic mass is 10.0. The lowest BCUT2D eigenvalue weighted by molar-refractivity contribution is -0.0667. The SMILES string of the molecule is CCn1cc(C(=O)N2CC(CO)OCC2C)c(C(C)C)n1. The number of aromatic nitrogens is 2. The summed E-state index contributed by atoms with van der Waals surface area (Å²) in [5.41, 5.74) is 1.50. The predicted octanol–water partition coefficient (Wildman–Crippen LogP) is 1.25. The van der Waals surface area contributed by atoms with Crippen molar-refractivity contribution in [3.8, 4) is 0 Å². The van der Waals surface area contributed by atoms with Crippen LogP contribution in [-0.4, -0.2) is 57.6 Å². The summed E-state index contributed by atoms with van der Waals surface area (Å²) in [6.07, 6.45) is 1.53. The van der Waals surface area contributed by atoms with Crippen LogP contribution in [0.25, 0.3) is 0 Å². The van der Waals surface area contributed by atoms with Crippen LogP contribution < -0.4 is 0 Å². The minimum Gasteiger partial charge on any atom is -0.394 e. The number of aliphatic hydroxyl groups excluding tert-OH is 1. The smallest absolute Gasteiger partial charge is 0.257 e. The van der Waals surface area contributed by atoms with Crippen LogP contribution in [0.3, 0.4) is 0 Å². The molecule has 6 heteroatoms. The molecule has 2 atom stereocenters. The van der Waals surface area contributed by atoms with Crippen LogP contribution in [0.2, 0.25) is 0 Å². The number of carbonyl (C=O) groups is 1. The van der Waals surface area contributed by atoms with Crippen LogP contribution in [0.15, 0.2) is 6.20 Å². The zero-order chi connectivity index (χ0) is 15.6. The normalized spacial score (nSPS) is 22.9. The Kier molecular flexibility index (Phi) is 5.00. The summed E-state index contributed by atoms with van der Waals surface area (Å²) in [5.74, 6) is 0.175. The molecule has 2 unspecified atom stereocenters.